The number of aryl methyl sites for hydroxylation is 1. The number of hydrogen-bond donors (Lipinski definition) is 1. The first-order chi connectivity index (χ1) is 8.65. The minimum atomic E-state index is -0.0506. The van der Waals surface area contributed by atoms with Crippen molar-refractivity contribution < 1.29 is 9.59 Å². The number of carbonyl (C=O) groups is 2. The Morgan fingerprint density at radius 2 is 2.33 bits per heavy atom. The third kappa shape index (κ3) is 3.50. The average Bonchev–Trinajstić information content (AvgIpc) is 2.72. The Morgan fingerprint density at radius 1 is 1.50 bits per heavy atom. The smallest absolute Gasteiger partial charge is 0.281 e. The maximum absolute atomic E-state index is 11.7. The zero-order valence-electron chi connectivity index (χ0n) is 10.3. The van der Waals surface area contributed by atoms with E-state index in [0.717, 1.165) is 23.5 Å². The highest BCUT2D eigenvalue weighted by Crippen LogP contribution is 2.17. The molecule has 1 fully saturated rings. The van der Waals surface area contributed by atoms with E-state index in [2.05, 4.69) is 5.32 Å². The second-order valence-electron chi connectivity index (χ2n) is 4.27. The van der Waals surface area contributed by atoms with E-state index in [4.69, 9.17) is 0 Å². The molecule has 0 spiro atoms. The van der Waals surface area contributed by atoms with Gasteiger partial charge in [0, 0.05) is 31.0 Å². The standard InChI is InChI=1S/C13H16N2O2S/c1-10-3-2-4-11(9-10)14-12(16)5-6-15-7-8-18-13(15)17/h2-4,9H,5-8H2,1H3,(H,14,16). The largest absolute Gasteiger partial charge is 0.332 e. The fourth-order valence-corrected chi connectivity index (χ4v) is 2.66. The molecule has 0 aromatic heterocycles. The Bertz CT molecular complexity index is 462. The molecule has 1 heterocycles. The van der Waals surface area contributed by atoms with Crippen LogP contribution in [0, 0.1) is 6.92 Å². The molecule has 0 radical (unpaired) electrons. The highest BCUT2D eigenvalue weighted by Gasteiger charge is 2.21. The maximum Gasteiger partial charge on any atom is 0.281 e. The molecule has 1 aromatic rings. The van der Waals surface area contributed by atoms with Gasteiger partial charge in [-0.05, 0) is 24.6 Å². The molecule has 18 heavy (non-hydrogen) atoms. The van der Waals surface area contributed by atoms with Crippen LogP contribution in [0.25, 0.3) is 0 Å². The summed E-state index contributed by atoms with van der Waals surface area (Å²) >= 11 is 1.32. The van der Waals surface area contributed by atoms with Crippen molar-refractivity contribution in [3.8, 4) is 0 Å². The first-order valence-corrected chi connectivity index (χ1v) is 6.92. The Labute approximate surface area is 111 Å². The van der Waals surface area contributed by atoms with E-state index >= 15 is 0 Å². The molecule has 0 saturated carbocycles. The van der Waals surface area contributed by atoms with E-state index in [1.54, 1.807) is 4.90 Å². The summed E-state index contributed by atoms with van der Waals surface area (Å²) in [5, 5.41) is 2.92. The molecule has 0 unspecified atom stereocenters. The zero-order valence-corrected chi connectivity index (χ0v) is 11.1. The lowest BCUT2D eigenvalue weighted by molar-refractivity contribution is -0.116. The third-order valence-electron chi connectivity index (χ3n) is 2.76. The quantitative estimate of drug-likeness (QED) is 0.909. The van der Waals surface area contributed by atoms with Crippen molar-refractivity contribution in [2.45, 2.75) is 13.3 Å². The SMILES string of the molecule is Cc1cccc(NC(=O)CCN2CCSC2=O)c1. The number of hydrogen-bond acceptors (Lipinski definition) is 3. The summed E-state index contributed by atoms with van der Waals surface area (Å²) in [6, 6.07) is 7.68. The molecule has 1 aliphatic rings. The predicted octanol–water partition coefficient (Wildman–Crippen LogP) is 2.49. The van der Waals surface area contributed by atoms with Gasteiger partial charge in [0.1, 0.15) is 0 Å². The van der Waals surface area contributed by atoms with E-state index in [9.17, 15) is 9.59 Å². The van der Waals surface area contributed by atoms with Gasteiger partial charge in [-0.1, -0.05) is 23.9 Å². The van der Waals surface area contributed by atoms with E-state index in [1.807, 2.05) is 31.2 Å². The molecule has 1 N–H and O–H groups in total. The van der Waals surface area contributed by atoms with Gasteiger partial charge in [0.2, 0.25) is 5.91 Å². The van der Waals surface area contributed by atoms with Gasteiger partial charge >= 0.3 is 0 Å². The van der Waals surface area contributed by atoms with Gasteiger partial charge in [0.25, 0.3) is 5.24 Å². The minimum absolute atomic E-state index is 0.0506. The van der Waals surface area contributed by atoms with Crippen molar-refractivity contribution in [2.75, 3.05) is 24.2 Å². The number of thioether (sulfide) groups is 1. The topological polar surface area (TPSA) is 49.4 Å². The van der Waals surface area contributed by atoms with E-state index in [0.29, 0.717) is 13.0 Å². The monoisotopic (exact) mass is 264 g/mol. The van der Waals surface area contributed by atoms with Crippen molar-refractivity contribution in [3.63, 3.8) is 0 Å². The number of benzene rings is 1. The summed E-state index contributed by atoms with van der Waals surface area (Å²) in [6.07, 6.45) is 0.347. The minimum Gasteiger partial charge on any atom is -0.332 e. The van der Waals surface area contributed by atoms with Crippen molar-refractivity contribution in [1.29, 1.82) is 0 Å². The first kappa shape index (κ1) is 13.0. The Balaban J connectivity index is 1.80. The van der Waals surface area contributed by atoms with Crippen molar-refractivity contribution in [1.82, 2.24) is 4.90 Å². The van der Waals surface area contributed by atoms with E-state index in [1.165, 1.54) is 11.8 Å². The molecule has 0 bridgehead atoms. The van der Waals surface area contributed by atoms with Crippen LogP contribution < -0.4 is 5.32 Å². The fourth-order valence-electron chi connectivity index (χ4n) is 1.81. The number of carbonyl (C=O) groups excluding carboxylic acids is 2. The Kier molecular flexibility index (Phi) is 4.25. The maximum atomic E-state index is 11.7. The number of nitrogens with one attached hydrogen (secondary N) is 1. The van der Waals surface area contributed by atoms with E-state index in [-0.39, 0.29) is 11.1 Å². The molecular formula is C13H16N2O2S. The fraction of sp³-hybridized carbons (Fsp3) is 0.385. The third-order valence-corrected chi connectivity index (χ3v) is 3.65. The summed E-state index contributed by atoms with van der Waals surface area (Å²) in [5.41, 5.74) is 1.92. The van der Waals surface area contributed by atoms with E-state index < -0.39 is 0 Å². The highest BCUT2D eigenvalue weighted by atomic mass is 32.2. The van der Waals surface area contributed by atoms with Crippen LogP contribution in [-0.4, -0.2) is 34.9 Å². The van der Waals surface area contributed by atoms with Crippen LogP contribution in [0.5, 0.6) is 0 Å². The van der Waals surface area contributed by atoms with Crippen LogP contribution in [0.1, 0.15) is 12.0 Å². The molecule has 1 saturated heterocycles. The van der Waals surface area contributed by atoms with Crippen LogP contribution in [0.15, 0.2) is 24.3 Å². The summed E-state index contributed by atoms with van der Waals surface area (Å²) in [5.74, 6) is 0.781. The number of amides is 2. The molecular weight excluding hydrogens is 248 g/mol. The second-order valence-corrected chi connectivity index (χ2v) is 5.32. The first-order valence-electron chi connectivity index (χ1n) is 5.93. The average molecular weight is 264 g/mol. The van der Waals surface area contributed by atoms with Crippen LogP contribution >= 0.6 is 11.8 Å². The summed E-state index contributed by atoms with van der Waals surface area (Å²) in [7, 11) is 0. The van der Waals surface area contributed by atoms with Gasteiger partial charge in [-0.15, -0.1) is 0 Å². The lowest BCUT2D eigenvalue weighted by Crippen LogP contribution is -2.27. The van der Waals surface area contributed by atoms with Crippen LogP contribution in [0.3, 0.4) is 0 Å². The van der Waals surface area contributed by atoms with Gasteiger partial charge < -0.3 is 10.2 Å². The van der Waals surface area contributed by atoms with Gasteiger partial charge in [0.15, 0.2) is 0 Å². The Hall–Kier alpha value is -1.49. The molecule has 0 aliphatic carbocycles. The normalized spacial score (nSPS) is 14.9. The molecule has 1 aromatic carbocycles. The molecule has 5 heteroatoms. The lowest BCUT2D eigenvalue weighted by Gasteiger charge is -2.14. The predicted molar refractivity (Wildman–Crippen MR) is 73.9 cm³/mol. The van der Waals surface area contributed by atoms with Crippen LogP contribution in [-0.2, 0) is 4.79 Å². The van der Waals surface area contributed by atoms with Gasteiger partial charge in [-0.2, -0.15) is 0 Å². The van der Waals surface area contributed by atoms with Crippen molar-refractivity contribution in [3.05, 3.63) is 29.8 Å². The molecule has 4 nitrogen and oxygen atoms in total. The van der Waals surface area contributed by atoms with Crippen LogP contribution in [0.2, 0.25) is 0 Å². The molecule has 2 rings (SSSR count). The van der Waals surface area contributed by atoms with Gasteiger partial charge in [0.05, 0.1) is 0 Å². The van der Waals surface area contributed by atoms with Crippen molar-refractivity contribution >= 4 is 28.6 Å². The summed E-state index contributed by atoms with van der Waals surface area (Å²) in [4.78, 5) is 24.8. The molecule has 2 amide bonds. The molecule has 96 valence electrons. The van der Waals surface area contributed by atoms with Crippen molar-refractivity contribution in [2.24, 2.45) is 0 Å². The van der Waals surface area contributed by atoms with Gasteiger partial charge in [-0.3, -0.25) is 9.59 Å². The van der Waals surface area contributed by atoms with Crippen LogP contribution in [0.4, 0.5) is 10.5 Å². The number of nitrogens with zero attached hydrogens (tertiary/aromatic N) is 1. The number of anilines is 1. The zero-order chi connectivity index (χ0) is 13.0. The summed E-state index contributed by atoms with van der Waals surface area (Å²) in [6.45, 7) is 3.24. The Morgan fingerprint density at radius 3 is 3.00 bits per heavy atom. The molecule has 0 atom stereocenters. The summed E-state index contributed by atoms with van der Waals surface area (Å²) < 4.78 is 0. The lowest BCUT2D eigenvalue weighted by atomic mass is 10.2. The molecule has 1 aliphatic heterocycles. The van der Waals surface area contributed by atoms with Gasteiger partial charge in [-0.25, -0.2) is 0 Å². The second kappa shape index (κ2) is 5.91. The number of rotatable bonds is 4. The highest BCUT2D eigenvalue weighted by molar-refractivity contribution is 8.13.